The van der Waals surface area contributed by atoms with Gasteiger partial charge in [0.25, 0.3) is 5.91 Å². The molecule has 0 unspecified atom stereocenters. The Hall–Kier alpha value is -2.08. The fourth-order valence-electron chi connectivity index (χ4n) is 4.35. The number of likely N-dealkylation sites (tertiary alicyclic amines) is 1. The average molecular weight is 360 g/mol. The first-order valence-electron chi connectivity index (χ1n) is 9.34. The van der Waals surface area contributed by atoms with Crippen molar-refractivity contribution in [1.82, 2.24) is 10.2 Å². The molecule has 1 saturated carbocycles. The van der Waals surface area contributed by atoms with Crippen LogP contribution in [-0.4, -0.2) is 55.7 Å². The number of benzene rings is 1. The fraction of sp³-hybridized carbons (Fsp3) is 0.600. The highest BCUT2D eigenvalue weighted by Crippen LogP contribution is 2.38. The zero-order chi connectivity index (χ0) is 18.7. The van der Waals surface area contributed by atoms with Crippen LogP contribution in [0.5, 0.6) is 5.75 Å². The Kier molecular flexibility index (Phi) is 5.81. The lowest BCUT2D eigenvalue weighted by Gasteiger charge is -2.37. The first-order valence-corrected chi connectivity index (χ1v) is 9.34. The van der Waals surface area contributed by atoms with Crippen LogP contribution in [0, 0.1) is 11.8 Å². The largest absolute Gasteiger partial charge is 0.493 e. The zero-order valence-electron chi connectivity index (χ0n) is 15.7. The van der Waals surface area contributed by atoms with Crippen molar-refractivity contribution in [2.45, 2.75) is 38.8 Å². The Balaban J connectivity index is 1.72. The van der Waals surface area contributed by atoms with Gasteiger partial charge in [-0.15, -0.1) is 0 Å². The highest BCUT2D eigenvalue weighted by molar-refractivity contribution is 5.97. The van der Waals surface area contributed by atoms with E-state index in [1.54, 1.807) is 7.11 Å². The van der Waals surface area contributed by atoms with Crippen molar-refractivity contribution in [1.29, 1.82) is 0 Å². The fourth-order valence-corrected chi connectivity index (χ4v) is 4.35. The lowest BCUT2D eigenvalue weighted by atomic mass is 9.77. The molecule has 26 heavy (non-hydrogen) atoms. The summed E-state index contributed by atoms with van der Waals surface area (Å²) in [4.78, 5) is 26.4. The van der Waals surface area contributed by atoms with Gasteiger partial charge in [-0.2, -0.15) is 0 Å². The molecular formula is C20H28N2O4. The number of amides is 2. The summed E-state index contributed by atoms with van der Waals surface area (Å²) in [6.45, 7) is 5.43. The summed E-state index contributed by atoms with van der Waals surface area (Å²) in [5, 5.41) is 3.01. The minimum absolute atomic E-state index is 0.00548. The molecule has 0 radical (unpaired) electrons. The minimum Gasteiger partial charge on any atom is -0.493 e. The molecule has 1 aliphatic heterocycles. The van der Waals surface area contributed by atoms with Crippen LogP contribution in [0.1, 0.15) is 37.0 Å². The number of hydrogen-bond donors (Lipinski definition) is 1. The van der Waals surface area contributed by atoms with E-state index in [1.807, 2.05) is 36.1 Å². The van der Waals surface area contributed by atoms with Gasteiger partial charge in [0.1, 0.15) is 5.75 Å². The molecule has 1 N–H and O–H groups in total. The second-order valence-corrected chi connectivity index (χ2v) is 7.21. The van der Waals surface area contributed by atoms with Crippen LogP contribution in [0.15, 0.2) is 24.3 Å². The van der Waals surface area contributed by atoms with Gasteiger partial charge in [-0.1, -0.05) is 12.1 Å². The molecule has 1 aliphatic carbocycles. The van der Waals surface area contributed by atoms with E-state index in [1.165, 1.54) is 6.92 Å². The maximum Gasteiger partial charge on any atom is 0.257 e. The third kappa shape index (κ3) is 3.85. The van der Waals surface area contributed by atoms with Gasteiger partial charge in [-0.3, -0.25) is 9.59 Å². The van der Waals surface area contributed by atoms with Crippen LogP contribution in [0.3, 0.4) is 0 Å². The monoisotopic (exact) mass is 360 g/mol. The number of methoxy groups -OCH3 is 1. The molecule has 1 aromatic carbocycles. The standard InChI is InChI=1S/C20H28N2O4/c1-4-26-18-8-6-5-7-16(18)20(24)22-11-14-9-17(21-13(2)23)19(25-3)10-15(14)12-22/h5-8,14-15,17,19H,4,9-12H2,1-3H3,(H,21,23)/t14-,15+,17-,19-/m1/s1. The highest BCUT2D eigenvalue weighted by Gasteiger charge is 2.44. The Bertz CT molecular complexity index is 663. The Labute approximate surface area is 154 Å². The quantitative estimate of drug-likeness (QED) is 0.873. The molecule has 0 aromatic heterocycles. The normalized spacial score (nSPS) is 27.7. The SMILES string of the molecule is CCOc1ccccc1C(=O)N1C[C@H]2C[C@@H](NC(C)=O)[C@H](OC)C[C@H]2C1. The van der Waals surface area contributed by atoms with Gasteiger partial charge in [0, 0.05) is 27.1 Å². The third-order valence-corrected chi connectivity index (χ3v) is 5.51. The van der Waals surface area contributed by atoms with Crippen molar-refractivity contribution < 1.29 is 19.1 Å². The van der Waals surface area contributed by atoms with E-state index in [9.17, 15) is 9.59 Å². The molecule has 142 valence electrons. The van der Waals surface area contributed by atoms with Crippen molar-refractivity contribution in [2.75, 3.05) is 26.8 Å². The Morgan fingerprint density at radius 3 is 2.54 bits per heavy atom. The van der Waals surface area contributed by atoms with E-state index in [-0.39, 0.29) is 24.0 Å². The van der Waals surface area contributed by atoms with E-state index in [0.717, 1.165) is 25.9 Å². The van der Waals surface area contributed by atoms with Crippen molar-refractivity contribution >= 4 is 11.8 Å². The van der Waals surface area contributed by atoms with Crippen LogP contribution >= 0.6 is 0 Å². The molecule has 0 bridgehead atoms. The molecule has 2 aliphatic rings. The summed E-state index contributed by atoms with van der Waals surface area (Å²) >= 11 is 0. The summed E-state index contributed by atoms with van der Waals surface area (Å²) in [6, 6.07) is 7.44. The van der Waals surface area contributed by atoms with Crippen LogP contribution in [-0.2, 0) is 9.53 Å². The number of hydrogen-bond acceptors (Lipinski definition) is 4. The third-order valence-electron chi connectivity index (χ3n) is 5.51. The van der Waals surface area contributed by atoms with Crippen molar-refractivity contribution in [2.24, 2.45) is 11.8 Å². The number of carbonyl (C=O) groups is 2. The lowest BCUT2D eigenvalue weighted by Crippen LogP contribution is -2.49. The number of fused-ring (bicyclic) bond motifs is 1. The average Bonchev–Trinajstić information content (AvgIpc) is 3.03. The number of rotatable bonds is 5. The van der Waals surface area contributed by atoms with Crippen LogP contribution in [0.4, 0.5) is 0 Å². The number of nitrogens with one attached hydrogen (secondary N) is 1. The van der Waals surface area contributed by atoms with Crippen LogP contribution < -0.4 is 10.1 Å². The van der Waals surface area contributed by atoms with Gasteiger partial charge >= 0.3 is 0 Å². The summed E-state index contributed by atoms with van der Waals surface area (Å²) < 4.78 is 11.2. The van der Waals surface area contributed by atoms with Crippen molar-refractivity contribution in [3.63, 3.8) is 0 Å². The maximum atomic E-state index is 13.0. The molecule has 2 amide bonds. The second kappa shape index (κ2) is 8.08. The second-order valence-electron chi connectivity index (χ2n) is 7.21. The van der Waals surface area contributed by atoms with E-state index < -0.39 is 0 Å². The van der Waals surface area contributed by atoms with E-state index in [4.69, 9.17) is 9.47 Å². The molecular weight excluding hydrogens is 332 g/mol. The molecule has 1 saturated heterocycles. The van der Waals surface area contributed by atoms with Gasteiger partial charge in [0.15, 0.2) is 0 Å². The molecule has 1 heterocycles. The molecule has 4 atom stereocenters. The Morgan fingerprint density at radius 1 is 1.19 bits per heavy atom. The number of nitrogens with zero attached hydrogens (tertiary/aromatic N) is 1. The summed E-state index contributed by atoms with van der Waals surface area (Å²) in [5.41, 5.74) is 0.620. The predicted molar refractivity (Wildman–Crippen MR) is 98.1 cm³/mol. The first-order chi connectivity index (χ1) is 12.5. The molecule has 1 aromatic rings. The van der Waals surface area contributed by atoms with Gasteiger partial charge in [0.2, 0.25) is 5.91 Å². The minimum atomic E-state index is -0.0351. The Morgan fingerprint density at radius 2 is 1.88 bits per heavy atom. The topological polar surface area (TPSA) is 67.9 Å². The van der Waals surface area contributed by atoms with E-state index in [0.29, 0.717) is 29.8 Å². The number of ether oxygens (including phenoxy) is 2. The van der Waals surface area contributed by atoms with Gasteiger partial charge < -0.3 is 19.7 Å². The maximum absolute atomic E-state index is 13.0. The molecule has 2 fully saturated rings. The molecule has 6 nitrogen and oxygen atoms in total. The van der Waals surface area contributed by atoms with Crippen LogP contribution in [0.25, 0.3) is 0 Å². The number of carbonyl (C=O) groups excluding carboxylic acids is 2. The highest BCUT2D eigenvalue weighted by atomic mass is 16.5. The van der Waals surface area contributed by atoms with Crippen LogP contribution in [0.2, 0.25) is 0 Å². The molecule has 0 spiro atoms. The van der Waals surface area contributed by atoms with Crippen molar-refractivity contribution in [3.05, 3.63) is 29.8 Å². The van der Waals surface area contributed by atoms with E-state index >= 15 is 0 Å². The molecule has 6 heteroatoms. The summed E-state index contributed by atoms with van der Waals surface area (Å²) in [5.74, 6) is 1.43. The smallest absolute Gasteiger partial charge is 0.257 e. The van der Waals surface area contributed by atoms with Crippen molar-refractivity contribution in [3.8, 4) is 5.75 Å². The van der Waals surface area contributed by atoms with Gasteiger partial charge in [-0.05, 0) is 43.7 Å². The lowest BCUT2D eigenvalue weighted by molar-refractivity contribution is -0.121. The number of para-hydroxylation sites is 1. The van der Waals surface area contributed by atoms with E-state index in [2.05, 4.69) is 5.32 Å². The summed E-state index contributed by atoms with van der Waals surface area (Å²) in [7, 11) is 1.69. The van der Waals surface area contributed by atoms with Gasteiger partial charge in [0.05, 0.1) is 24.3 Å². The predicted octanol–water partition coefficient (Wildman–Crippen LogP) is 2.09. The zero-order valence-corrected chi connectivity index (χ0v) is 15.7. The first kappa shape index (κ1) is 18.7. The summed E-state index contributed by atoms with van der Waals surface area (Å²) in [6.07, 6.45) is 1.72. The van der Waals surface area contributed by atoms with Gasteiger partial charge in [-0.25, -0.2) is 0 Å². The molecule has 3 rings (SSSR count).